The average molecular weight is 285 g/mol. The Kier molecular flexibility index (Phi) is 4.25. The molecular formula is C17H23N3O. The van der Waals surface area contributed by atoms with Crippen LogP contribution in [0.25, 0.3) is 0 Å². The molecule has 0 unspecified atom stereocenters. The zero-order valence-corrected chi connectivity index (χ0v) is 12.9. The fraction of sp³-hybridized carbons (Fsp3) is 0.471. The predicted octanol–water partition coefficient (Wildman–Crippen LogP) is 2.48. The first-order valence-corrected chi connectivity index (χ1v) is 7.74. The molecule has 2 aromatic rings. The van der Waals surface area contributed by atoms with Crippen LogP contribution >= 0.6 is 0 Å². The van der Waals surface area contributed by atoms with Crippen molar-refractivity contribution in [1.82, 2.24) is 15.1 Å². The molecular weight excluding hydrogens is 262 g/mol. The van der Waals surface area contributed by atoms with Gasteiger partial charge in [-0.1, -0.05) is 19.1 Å². The van der Waals surface area contributed by atoms with Crippen LogP contribution in [0.5, 0.6) is 5.75 Å². The maximum atomic E-state index is 5.55. The molecule has 0 aliphatic carbocycles. The van der Waals surface area contributed by atoms with E-state index in [0.29, 0.717) is 0 Å². The second-order valence-electron chi connectivity index (χ2n) is 5.57. The number of fused-ring (bicyclic) bond motifs is 1. The number of nitrogens with zero attached hydrogens (tertiary/aromatic N) is 2. The first-order valence-electron chi connectivity index (χ1n) is 7.74. The molecule has 0 spiro atoms. The lowest BCUT2D eigenvalue weighted by Gasteiger charge is -2.05. The monoisotopic (exact) mass is 285 g/mol. The number of benzene rings is 1. The molecule has 0 saturated carbocycles. The Bertz CT molecular complexity index is 618. The molecule has 1 aromatic carbocycles. The van der Waals surface area contributed by atoms with Crippen molar-refractivity contribution in [3.8, 4) is 5.75 Å². The van der Waals surface area contributed by atoms with E-state index in [9.17, 15) is 0 Å². The molecule has 21 heavy (non-hydrogen) atoms. The Morgan fingerprint density at radius 3 is 3.14 bits per heavy atom. The predicted molar refractivity (Wildman–Crippen MR) is 83.7 cm³/mol. The third-order valence-corrected chi connectivity index (χ3v) is 4.00. The van der Waals surface area contributed by atoms with Crippen LogP contribution in [0, 0.1) is 6.92 Å². The highest BCUT2D eigenvalue weighted by Crippen LogP contribution is 2.26. The molecule has 0 bridgehead atoms. The maximum absolute atomic E-state index is 5.55. The third-order valence-electron chi connectivity index (χ3n) is 4.00. The average Bonchev–Trinajstić information content (AvgIpc) is 3.08. The molecule has 4 nitrogen and oxygen atoms in total. The zero-order chi connectivity index (χ0) is 14.7. The fourth-order valence-corrected chi connectivity index (χ4v) is 2.75. The third kappa shape index (κ3) is 3.27. The summed E-state index contributed by atoms with van der Waals surface area (Å²) in [7, 11) is 0. The van der Waals surface area contributed by atoms with E-state index in [4.69, 9.17) is 4.74 Å². The van der Waals surface area contributed by atoms with Crippen molar-refractivity contribution in [1.29, 1.82) is 0 Å². The highest BCUT2D eigenvalue weighted by molar-refractivity contribution is 5.39. The van der Waals surface area contributed by atoms with Gasteiger partial charge in [-0.15, -0.1) is 0 Å². The first-order chi connectivity index (χ1) is 10.3. The largest absolute Gasteiger partial charge is 0.493 e. The van der Waals surface area contributed by atoms with Gasteiger partial charge in [0.05, 0.1) is 12.3 Å². The van der Waals surface area contributed by atoms with Gasteiger partial charge in [0, 0.05) is 31.3 Å². The molecule has 2 heterocycles. The van der Waals surface area contributed by atoms with Crippen LogP contribution in [0.3, 0.4) is 0 Å². The van der Waals surface area contributed by atoms with Crippen LogP contribution in [0.15, 0.2) is 24.4 Å². The van der Waals surface area contributed by atoms with Crippen LogP contribution in [-0.2, 0) is 25.9 Å². The van der Waals surface area contributed by atoms with Crippen molar-refractivity contribution < 1.29 is 4.74 Å². The van der Waals surface area contributed by atoms with Gasteiger partial charge in [0.15, 0.2) is 0 Å². The summed E-state index contributed by atoms with van der Waals surface area (Å²) in [5, 5.41) is 7.96. The van der Waals surface area contributed by atoms with E-state index in [-0.39, 0.29) is 0 Å². The lowest BCUT2D eigenvalue weighted by atomic mass is 10.1. The quantitative estimate of drug-likeness (QED) is 0.886. The summed E-state index contributed by atoms with van der Waals surface area (Å²) < 4.78 is 7.61. The van der Waals surface area contributed by atoms with Gasteiger partial charge in [-0.2, -0.15) is 5.10 Å². The van der Waals surface area contributed by atoms with Crippen LogP contribution in [-0.4, -0.2) is 22.9 Å². The smallest absolute Gasteiger partial charge is 0.122 e. The summed E-state index contributed by atoms with van der Waals surface area (Å²) in [6.07, 6.45) is 4.21. The highest BCUT2D eigenvalue weighted by atomic mass is 16.5. The lowest BCUT2D eigenvalue weighted by molar-refractivity contribution is 0.357. The van der Waals surface area contributed by atoms with Crippen molar-refractivity contribution >= 4 is 0 Å². The SMILES string of the molecule is CCNCc1cn(CCc2ccc3c(c2)CCO3)nc1C. The lowest BCUT2D eigenvalue weighted by Crippen LogP contribution is -2.11. The number of aryl methyl sites for hydroxylation is 3. The van der Waals surface area contributed by atoms with E-state index in [1.807, 2.05) is 0 Å². The second kappa shape index (κ2) is 6.31. The minimum atomic E-state index is 0.824. The van der Waals surface area contributed by atoms with E-state index < -0.39 is 0 Å². The molecule has 112 valence electrons. The first kappa shape index (κ1) is 14.1. The van der Waals surface area contributed by atoms with Gasteiger partial charge in [-0.05, 0) is 37.1 Å². The number of rotatable bonds is 6. The molecule has 1 aliphatic rings. The molecule has 4 heteroatoms. The van der Waals surface area contributed by atoms with Gasteiger partial charge < -0.3 is 10.1 Å². The molecule has 1 aromatic heterocycles. The number of nitrogens with one attached hydrogen (secondary N) is 1. The van der Waals surface area contributed by atoms with Crippen molar-refractivity contribution in [2.45, 2.75) is 39.8 Å². The number of hydrogen-bond acceptors (Lipinski definition) is 3. The van der Waals surface area contributed by atoms with E-state index in [0.717, 1.165) is 50.5 Å². The zero-order valence-electron chi connectivity index (χ0n) is 12.9. The molecule has 0 radical (unpaired) electrons. The van der Waals surface area contributed by atoms with Crippen LogP contribution < -0.4 is 10.1 Å². The summed E-state index contributed by atoms with van der Waals surface area (Å²) in [4.78, 5) is 0. The Balaban J connectivity index is 1.62. The Labute approximate surface area is 126 Å². The Morgan fingerprint density at radius 2 is 2.29 bits per heavy atom. The fourth-order valence-electron chi connectivity index (χ4n) is 2.75. The topological polar surface area (TPSA) is 39.1 Å². The van der Waals surface area contributed by atoms with Gasteiger partial charge in [0.25, 0.3) is 0 Å². The summed E-state index contributed by atoms with van der Waals surface area (Å²) in [6, 6.07) is 6.54. The summed E-state index contributed by atoms with van der Waals surface area (Å²) >= 11 is 0. The molecule has 3 rings (SSSR count). The minimum absolute atomic E-state index is 0.824. The Hall–Kier alpha value is -1.81. The van der Waals surface area contributed by atoms with Gasteiger partial charge >= 0.3 is 0 Å². The highest BCUT2D eigenvalue weighted by Gasteiger charge is 2.12. The minimum Gasteiger partial charge on any atom is -0.493 e. The van der Waals surface area contributed by atoms with Crippen LogP contribution in [0.4, 0.5) is 0 Å². The molecule has 0 saturated heterocycles. The number of hydrogen-bond donors (Lipinski definition) is 1. The number of ether oxygens (including phenoxy) is 1. The van der Waals surface area contributed by atoms with Crippen LogP contribution in [0.2, 0.25) is 0 Å². The van der Waals surface area contributed by atoms with Crippen LogP contribution in [0.1, 0.15) is 29.3 Å². The van der Waals surface area contributed by atoms with Crippen molar-refractivity contribution in [2.24, 2.45) is 0 Å². The molecule has 0 atom stereocenters. The normalized spacial score (nSPS) is 13.2. The van der Waals surface area contributed by atoms with Crippen molar-refractivity contribution in [3.05, 3.63) is 46.8 Å². The van der Waals surface area contributed by atoms with Gasteiger partial charge in [-0.3, -0.25) is 4.68 Å². The molecule has 1 N–H and O–H groups in total. The summed E-state index contributed by atoms with van der Waals surface area (Å²) in [6.45, 7) is 7.84. The van der Waals surface area contributed by atoms with E-state index in [1.165, 1.54) is 16.7 Å². The van der Waals surface area contributed by atoms with Crippen molar-refractivity contribution in [3.63, 3.8) is 0 Å². The summed E-state index contributed by atoms with van der Waals surface area (Å²) in [5.41, 5.74) is 5.12. The van der Waals surface area contributed by atoms with E-state index in [1.54, 1.807) is 0 Å². The summed E-state index contributed by atoms with van der Waals surface area (Å²) in [5.74, 6) is 1.06. The molecule has 0 fully saturated rings. The second-order valence-corrected chi connectivity index (χ2v) is 5.57. The molecule has 1 aliphatic heterocycles. The molecule has 0 amide bonds. The van der Waals surface area contributed by atoms with E-state index in [2.05, 4.69) is 53.3 Å². The van der Waals surface area contributed by atoms with E-state index >= 15 is 0 Å². The Morgan fingerprint density at radius 1 is 1.38 bits per heavy atom. The maximum Gasteiger partial charge on any atom is 0.122 e. The van der Waals surface area contributed by atoms with Crippen molar-refractivity contribution in [2.75, 3.05) is 13.2 Å². The van der Waals surface area contributed by atoms with Gasteiger partial charge in [-0.25, -0.2) is 0 Å². The number of aromatic nitrogens is 2. The van der Waals surface area contributed by atoms with Gasteiger partial charge in [0.2, 0.25) is 0 Å². The van der Waals surface area contributed by atoms with Gasteiger partial charge in [0.1, 0.15) is 5.75 Å². The standard InChI is InChI=1S/C17H23N3O/c1-3-18-11-16-12-20(19-13(16)2)8-6-14-4-5-17-15(10-14)7-9-21-17/h4-5,10,12,18H,3,6-9,11H2,1-2H3.